The van der Waals surface area contributed by atoms with Gasteiger partial charge in [0.15, 0.2) is 0 Å². The van der Waals surface area contributed by atoms with Gasteiger partial charge >= 0.3 is 0 Å². The van der Waals surface area contributed by atoms with Crippen LogP contribution in [0.2, 0.25) is 0 Å². The van der Waals surface area contributed by atoms with Crippen molar-refractivity contribution in [3.8, 4) is 5.75 Å². The third kappa shape index (κ3) is 3.48. The summed E-state index contributed by atoms with van der Waals surface area (Å²) in [7, 11) is 0. The summed E-state index contributed by atoms with van der Waals surface area (Å²) in [6.45, 7) is 5.58. The molecule has 22 heavy (non-hydrogen) atoms. The van der Waals surface area contributed by atoms with Crippen LogP contribution < -0.4 is 10.1 Å². The molecule has 1 aliphatic carbocycles. The maximum atomic E-state index is 6.47. The molecular formula is C20H31NO. The van der Waals surface area contributed by atoms with E-state index >= 15 is 0 Å². The zero-order chi connectivity index (χ0) is 15.4. The van der Waals surface area contributed by atoms with Crippen molar-refractivity contribution in [2.24, 2.45) is 0 Å². The normalized spacial score (nSPS) is 22.5. The molecule has 1 unspecified atom stereocenters. The second-order valence-electron chi connectivity index (χ2n) is 7.30. The summed E-state index contributed by atoms with van der Waals surface area (Å²) in [6, 6.07) is 7.17. The van der Waals surface area contributed by atoms with Gasteiger partial charge < -0.3 is 10.1 Å². The molecule has 2 aliphatic rings. The van der Waals surface area contributed by atoms with Gasteiger partial charge in [-0.1, -0.05) is 43.9 Å². The Morgan fingerprint density at radius 1 is 1.18 bits per heavy atom. The van der Waals surface area contributed by atoms with Crippen LogP contribution in [0.25, 0.3) is 0 Å². The van der Waals surface area contributed by atoms with Gasteiger partial charge in [-0.25, -0.2) is 0 Å². The van der Waals surface area contributed by atoms with Crippen molar-refractivity contribution >= 4 is 0 Å². The molecule has 1 N–H and O–H groups in total. The highest BCUT2D eigenvalue weighted by atomic mass is 16.5. The van der Waals surface area contributed by atoms with Crippen LogP contribution in [-0.4, -0.2) is 12.1 Å². The van der Waals surface area contributed by atoms with Crippen molar-refractivity contribution < 1.29 is 4.74 Å². The third-order valence-electron chi connectivity index (χ3n) is 5.38. The smallest absolute Gasteiger partial charge is 0.124 e. The molecule has 2 heteroatoms. The molecule has 1 spiro atoms. The molecule has 1 aromatic carbocycles. The van der Waals surface area contributed by atoms with Gasteiger partial charge in [-0.3, -0.25) is 0 Å². The van der Waals surface area contributed by atoms with Gasteiger partial charge in [0, 0.05) is 18.0 Å². The highest BCUT2D eigenvalue weighted by Crippen LogP contribution is 2.47. The fourth-order valence-corrected chi connectivity index (χ4v) is 4.13. The van der Waals surface area contributed by atoms with E-state index in [1.807, 2.05) is 0 Å². The molecule has 0 radical (unpaired) electrons. The van der Waals surface area contributed by atoms with E-state index in [0.29, 0.717) is 6.04 Å². The number of unbranched alkanes of at least 4 members (excludes halogenated alkanes) is 3. The van der Waals surface area contributed by atoms with Crippen LogP contribution in [0.4, 0.5) is 0 Å². The second-order valence-corrected chi connectivity index (χ2v) is 7.30. The molecule has 2 nitrogen and oxygen atoms in total. The lowest BCUT2D eigenvalue weighted by Crippen LogP contribution is -2.42. The van der Waals surface area contributed by atoms with E-state index in [4.69, 9.17) is 4.74 Å². The monoisotopic (exact) mass is 301 g/mol. The number of nitrogens with one attached hydrogen (secondary N) is 1. The van der Waals surface area contributed by atoms with E-state index in [1.165, 1.54) is 62.5 Å². The maximum Gasteiger partial charge on any atom is 0.124 e. The largest absolute Gasteiger partial charge is 0.487 e. The average molecular weight is 301 g/mol. The molecule has 3 rings (SSSR count). The van der Waals surface area contributed by atoms with Gasteiger partial charge in [0.2, 0.25) is 0 Å². The number of benzene rings is 1. The van der Waals surface area contributed by atoms with Crippen molar-refractivity contribution in [3.63, 3.8) is 0 Å². The van der Waals surface area contributed by atoms with Gasteiger partial charge in [-0.15, -0.1) is 0 Å². The molecule has 1 heterocycles. The van der Waals surface area contributed by atoms with Gasteiger partial charge in [0.25, 0.3) is 0 Å². The first-order valence-corrected chi connectivity index (χ1v) is 9.25. The van der Waals surface area contributed by atoms with Gasteiger partial charge in [-0.2, -0.15) is 0 Å². The van der Waals surface area contributed by atoms with Crippen molar-refractivity contribution in [1.29, 1.82) is 0 Å². The summed E-state index contributed by atoms with van der Waals surface area (Å²) in [4.78, 5) is 0. The minimum atomic E-state index is 0.114. The topological polar surface area (TPSA) is 21.3 Å². The Labute approximate surface area is 135 Å². The lowest BCUT2D eigenvalue weighted by Gasteiger charge is -2.40. The van der Waals surface area contributed by atoms with Gasteiger partial charge in [0.1, 0.15) is 11.4 Å². The molecule has 1 atom stereocenters. The lowest BCUT2D eigenvalue weighted by molar-refractivity contribution is 0.0367. The van der Waals surface area contributed by atoms with Crippen LogP contribution in [-0.2, 0) is 0 Å². The lowest BCUT2D eigenvalue weighted by atomic mass is 9.85. The molecule has 0 saturated heterocycles. The van der Waals surface area contributed by atoms with Crippen molar-refractivity contribution in [2.75, 3.05) is 6.54 Å². The van der Waals surface area contributed by atoms with E-state index in [1.54, 1.807) is 0 Å². The first kappa shape index (κ1) is 15.9. The molecule has 1 aliphatic heterocycles. The van der Waals surface area contributed by atoms with Crippen molar-refractivity contribution in [3.05, 3.63) is 29.3 Å². The Morgan fingerprint density at radius 3 is 2.77 bits per heavy atom. The molecule has 0 amide bonds. The van der Waals surface area contributed by atoms with E-state index < -0.39 is 0 Å². The summed E-state index contributed by atoms with van der Waals surface area (Å²) in [5.41, 5.74) is 2.83. The molecular weight excluding hydrogens is 270 g/mol. The Bertz CT molecular complexity index is 490. The fourth-order valence-electron chi connectivity index (χ4n) is 4.13. The summed E-state index contributed by atoms with van der Waals surface area (Å²) in [5.74, 6) is 1.13. The Balaban J connectivity index is 1.71. The molecule has 1 aromatic rings. The van der Waals surface area contributed by atoms with Gasteiger partial charge in [0.05, 0.1) is 0 Å². The molecule has 122 valence electrons. The van der Waals surface area contributed by atoms with Gasteiger partial charge in [-0.05, 0) is 51.6 Å². The highest BCUT2D eigenvalue weighted by Gasteiger charge is 2.42. The zero-order valence-electron chi connectivity index (χ0n) is 14.3. The first-order valence-electron chi connectivity index (χ1n) is 9.25. The van der Waals surface area contributed by atoms with Crippen LogP contribution in [0, 0.1) is 6.92 Å². The number of ether oxygens (including phenoxy) is 1. The number of rotatable bonds is 6. The summed E-state index contributed by atoms with van der Waals surface area (Å²) < 4.78 is 6.47. The Morgan fingerprint density at radius 2 is 2.00 bits per heavy atom. The van der Waals surface area contributed by atoms with E-state index in [0.717, 1.165) is 18.7 Å². The van der Waals surface area contributed by atoms with Crippen LogP contribution in [0.3, 0.4) is 0 Å². The van der Waals surface area contributed by atoms with Crippen LogP contribution >= 0.6 is 0 Å². The number of aryl methyl sites for hydroxylation is 1. The minimum Gasteiger partial charge on any atom is -0.487 e. The van der Waals surface area contributed by atoms with E-state index in [2.05, 4.69) is 37.4 Å². The molecule has 1 saturated carbocycles. The molecule has 0 bridgehead atoms. The Hall–Kier alpha value is -1.02. The number of fused-ring (bicyclic) bond motifs is 1. The highest BCUT2D eigenvalue weighted by molar-refractivity contribution is 5.42. The fraction of sp³-hybridized carbons (Fsp3) is 0.700. The molecule has 1 fully saturated rings. The third-order valence-corrected chi connectivity index (χ3v) is 5.38. The van der Waals surface area contributed by atoms with Crippen LogP contribution in [0.1, 0.15) is 81.9 Å². The quantitative estimate of drug-likeness (QED) is 0.720. The first-order chi connectivity index (χ1) is 10.7. The van der Waals surface area contributed by atoms with Crippen LogP contribution in [0.15, 0.2) is 18.2 Å². The molecule has 0 aromatic heterocycles. The van der Waals surface area contributed by atoms with Crippen molar-refractivity contribution in [1.82, 2.24) is 5.32 Å². The summed E-state index contributed by atoms with van der Waals surface area (Å²) >= 11 is 0. The number of hydrogen-bond acceptors (Lipinski definition) is 2. The number of hydrogen-bond donors (Lipinski definition) is 1. The summed E-state index contributed by atoms with van der Waals surface area (Å²) in [6.07, 6.45) is 11.6. The van der Waals surface area contributed by atoms with E-state index in [9.17, 15) is 0 Å². The standard InChI is InChI=1S/C20H31NO/c1-3-4-5-8-13-21-18-15-20(11-6-7-12-20)22-19-10-9-16(2)14-17(18)19/h9-10,14,18,21H,3-8,11-13,15H2,1-2H3. The minimum absolute atomic E-state index is 0.114. The zero-order valence-corrected chi connectivity index (χ0v) is 14.3. The second kappa shape index (κ2) is 7.04. The summed E-state index contributed by atoms with van der Waals surface area (Å²) in [5, 5.41) is 3.84. The van der Waals surface area contributed by atoms with Crippen LogP contribution in [0.5, 0.6) is 5.75 Å². The van der Waals surface area contributed by atoms with Crippen molar-refractivity contribution in [2.45, 2.75) is 83.3 Å². The predicted octanol–water partition coefficient (Wildman–Crippen LogP) is 5.30. The SMILES string of the molecule is CCCCCCNC1CC2(CCCC2)Oc2ccc(C)cc21. The maximum absolute atomic E-state index is 6.47. The van der Waals surface area contributed by atoms with E-state index in [-0.39, 0.29) is 5.60 Å². The predicted molar refractivity (Wildman–Crippen MR) is 92.5 cm³/mol. The average Bonchev–Trinajstić information content (AvgIpc) is 2.95. The Kier molecular flexibility index (Phi) is 5.07.